The number of rotatable bonds is 4. The van der Waals surface area contributed by atoms with Crippen LogP contribution in [0, 0.1) is 5.82 Å². The monoisotopic (exact) mass is 262 g/mol. The number of nitrogens with two attached hydrogens (primary N) is 1. The number of carboxylic acids is 1. The third-order valence-electron chi connectivity index (χ3n) is 2.43. The van der Waals surface area contributed by atoms with Gasteiger partial charge in [-0.15, -0.1) is 0 Å². The molecule has 0 saturated carbocycles. The molecule has 0 atom stereocenters. The lowest BCUT2D eigenvalue weighted by molar-refractivity contribution is 0.0689. The molecule has 19 heavy (non-hydrogen) atoms. The molecule has 0 spiro atoms. The lowest BCUT2D eigenvalue weighted by Crippen LogP contribution is -2.06. The topological polar surface area (TPSA) is 85.4 Å². The quantitative estimate of drug-likeness (QED) is 0.881. The van der Waals surface area contributed by atoms with Crippen molar-refractivity contribution in [3.05, 3.63) is 53.5 Å². The fourth-order valence-corrected chi connectivity index (χ4v) is 1.45. The molecule has 0 aliphatic carbocycles. The molecular weight excluding hydrogens is 251 g/mol. The van der Waals surface area contributed by atoms with Gasteiger partial charge in [0.1, 0.15) is 12.4 Å². The van der Waals surface area contributed by atoms with Crippen molar-refractivity contribution >= 4 is 11.7 Å². The van der Waals surface area contributed by atoms with Gasteiger partial charge in [0.15, 0.2) is 5.69 Å². The average Bonchev–Trinajstić information content (AvgIpc) is 2.39. The van der Waals surface area contributed by atoms with Gasteiger partial charge in [0.2, 0.25) is 5.88 Å². The van der Waals surface area contributed by atoms with Crippen molar-refractivity contribution in [2.45, 2.75) is 6.61 Å². The van der Waals surface area contributed by atoms with Crippen LogP contribution in [0.3, 0.4) is 0 Å². The molecule has 0 aliphatic rings. The van der Waals surface area contributed by atoms with Crippen LogP contribution in [0.2, 0.25) is 0 Å². The third kappa shape index (κ3) is 2.98. The number of nitrogen functional groups attached to an aromatic ring is 1. The first-order valence-electron chi connectivity index (χ1n) is 5.44. The summed E-state index contributed by atoms with van der Waals surface area (Å²) in [5.74, 6) is -1.62. The van der Waals surface area contributed by atoms with E-state index in [0.29, 0.717) is 5.56 Å². The zero-order chi connectivity index (χ0) is 13.8. The number of ether oxygens (including phenoxy) is 1. The Morgan fingerprint density at radius 2 is 2.05 bits per heavy atom. The van der Waals surface area contributed by atoms with Crippen molar-refractivity contribution in [3.8, 4) is 5.88 Å². The number of benzene rings is 1. The molecule has 3 N–H and O–H groups in total. The van der Waals surface area contributed by atoms with Gasteiger partial charge < -0.3 is 15.6 Å². The second kappa shape index (κ2) is 5.34. The maximum absolute atomic E-state index is 13.4. The van der Waals surface area contributed by atoms with E-state index in [1.807, 2.05) is 0 Å². The van der Waals surface area contributed by atoms with E-state index in [4.69, 9.17) is 15.6 Å². The van der Waals surface area contributed by atoms with Crippen molar-refractivity contribution in [3.63, 3.8) is 0 Å². The molecule has 0 fully saturated rings. The van der Waals surface area contributed by atoms with Gasteiger partial charge in [-0.3, -0.25) is 0 Å². The van der Waals surface area contributed by atoms with E-state index < -0.39 is 11.8 Å². The van der Waals surface area contributed by atoms with Crippen molar-refractivity contribution in [2.24, 2.45) is 0 Å². The number of carboxylic acid groups (broad SMARTS) is 1. The average molecular weight is 262 g/mol. The van der Waals surface area contributed by atoms with Gasteiger partial charge in [-0.05, 0) is 18.2 Å². The summed E-state index contributed by atoms with van der Waals surface area (Å²) in [5, 5.41) is 8.81. The van der Waals surface area contributed by atoms with E-state index in [9.17, 15) is 9.18 Å². The van der Waals surface area contributed by atoms with Crippen LogP contribution in [0.15, 0.2) is 36.4 Å². The van der Waals surface area contributed by atoms with Crippen LogP contribution in [0.25, 0.3) is 0 Å². The molecule has 98 valence electrons. The number of carbonyl (C=O) groups is 1. The Labute approximate surface area is 108 Å². The SMILES string of the molecule is Nc1ccc(C(=O)O)nc1OCc1ccccc1F. The van der Waals surface area contributed by atoms with E-state index in [1.54, 1.807) is 18.2 Å². The molecular formula is C13H11FN2O3. The summed E-state index contributed by atoms with van der Waals surface area (Å²) < 4.78 is 18.6. The van der Waals surface area contributed by atoms with Crippen LogP contribution in [-0.2, 0) is 6.61 Å². The van der Waals surface area contributed by atoms with Gasteiger partial charge in [-0.25, -0.2) is 14.2 Å². The summed E-state index contributed by atoms with van der Waals surface area (Å²) in [6.07, 6.45) is 0. The van der Waals surface area contributed by atoms with E-state index in [-0.39, 0.29) is 23.9 Å². The Bertz CT molecular complexity index is 617. The first kappa shape index (κ1) is 12.8. The van der Waals surface area contributed by atoms with Gasteiger partial charge >= 0.3 is 5.97 Å². The standard InChI is InChI=1S/C13H11FN2O3/c14-9-4-2-1-3-8(9)7-19-12-10(15)5-6-11(16-12)13(17)18/h1-6H,7,15H2,(H,17,18). The summed E-state index contributed by atoms with van der Waals surface area (Å²) in [6, 6.07) is 8.76. The number of hydrogen-bond donors (Lipinski definition) is 2. The van der Waals surface area contributed by atoms with Crippen molar-refractivity contribution < 1.29 is 19.0 Å². The zero-order valence-corrected chi connectivity index (χ0v) is 9.84. The van der Waals surface area contributed by atoms with Crippen LogP contribution in [0.5, 0.6) is 5.88 Å². The second-order valence-corrected chi connectivity index (χ2v) is 3.78. The zero-order valence-electron chi connectivity index (χ0n) is 9.84. The molecule has 1 aromatic heterocycles. The van der Waals surface area contributed by atoms with E-state index in [1.165, 1.54) is 18.2 Å². The summed E-state index contributed by atoms with van der Waals surface area (Å²) in [7, 11) is 0. The maximum atomic E-state index is 13.4. The molecule has 2 rings (SSSR count). The summed E-state index contributed by atoms with van der Waals surface area (Å²) in [4.78, 5) is 14.5. The Hall–Kier alpha value is -2.63. The lowest BCUT2D eigenvalue weighted by Gasteiger charge is -2.09. The predicted molar refractivity (Wildman–Crippen MR) is 66.3 cm³/mol. The molecule has 1 heterocycles. The molecule has 0 unspecified atom stereocenters. The smallest absolute Gasteiger partial charge is 0.354 e. The molecule has 6 heteroatoms. The van der Waals surface area contributed by atoms with E-state index in [2.05, 4.69) is 4.98 Å². The molecule has 5 nitrogen and oxygen atoms in total. The van der Waals surface area contributed by atoms with Gasteiger partial charge in [-0.2, -0.15) is 0 Å². The number of aromatic carboxylic acids is 1. The molecule has 0 radical (unpaired) electrons. The van der Waals surface area contributed by atoms with Crippen molar-refractivity contribution in [1.29, 1.82) is 0 Å². The lowest BCUT2D eigenvalue weighted by atomic mass is 10.2. The van der Waals surface area contributed by atoms with E-state index in [0.717, 1.165) is 0 Å². The summed E-state index contributed by atoms with van der Waals surface area (Å²) >= 11 is 0. The number of anilines is 1. The third-order valence-corrected chi connectivity index (χ3v) is 2.43. The Balaban J connectivity index is 2.17. The fourth-order valence-electron chi connectivity index (χ4n) is 1.45. The molecule has 1 aromatic carbocycles. The molecule has 2 aromatic rings. The molecule has 0 bridgehead atoms. The molecule has 0 aliphatic heterocycles. The Morgan fingerprint density at radius 3 is 2.74 bits per heavy atom. The minimum atomic E-state index is -1.18. The number of nitrogens with zero attached hydrogens (tertiary/aromatic N) is 1. The highest BCUT2D eigenvalue weighted by Crippen LogP contribution is 2.20. The van der Waals surface area contributed by atoms with E-state index >= 15 is 0 Å². The highest BCUT2D eigenvalue weighted by atomic mass is 19.1. The molecule has 0 amide bonds. The summed E-state index contributed by atoms with van der Waals surface area (Å²) in [6.45, 7) is -0.0764. The van der Waals surface area contributed by atoms with Gasteiger partial charge in [0.05, 0.1) is 5.69 Å². The van der Waals surface area contributed by atoms with Crippen LogP contribution < -0.4 is 10.5 Å². The van der Waals surface area contributed by atoms with Crippen LogP contribution in [0.1, 0.15) is 16.1 Å². The van der Waals surface area contributed by atoms with Gasteiger partial charge in [0, 0.05) is 5.56 Å². The fraction of sp³-hybridized carbons (Fsp3) is 0.0769. The highest BCUT2D eigenvalue weighted by molar-refractivity contribution is 5.86. The van der Waals surface area contributed by atoms with Crippen LogP contribution >= 0.6 is 0 Å². The number of aromatic nitrogens is 1. The maximum Gasteiger partial charge on any atom is 0.354 e. The second-order valence-electron chi connectivity index (χ2n) is 3.78. The number of halogens is 1. The van der Waals surface area contributed by atoms with Gasteiger partial charge in [0.25, 0.3) is 0 Å². The van der Waals surface area contributed by atoms with Gasteiger partial charge in [-0.1, -0.05) is 18.2 Å². The van der Waals surface area contributed by atoms with Crippen molar-refractivity contribution in [2.75, 3.05) is 5.73 Å². The Morgan fingerprint density at radius 1 is 1.32 bits per heavy atom. The number of hydrogen-bond acceptors (Lipinski definition) is 4. The minimum Gasteiger partial charge on any atom is -0.477 e. The highest BCUT2D eigenvalue weighted by Gasteiger charge is 2.10. The first-order chi connectivity index (χ1) is 9.08. The van der Waals surface area contributed by atoms with Crippen LogP contribution in [0.4, 0.5) is 10.1 Å². The van der Waals surface area contributed by atoms with Crippen LogP contribution in [-0.4, -0.2) is 16.1 Å². The first-order valence-corrected chi connectivity index (χ1v) is 5.44. The number of pyridine rings is 1. The largest absolute Gasteiger partial charge is 0.477 e. The predicted octanol–water partition coefficient (Wildman–Crippen LogP) is 2.08. The Kier molecular flexibility index (Phi) is 3.61. The summed E-state index contributed by atoms with van der Waals surface area (Å²) in [5.41, 5.74) is 5.97. The minimum absolute atomic E-state index is 0.0249. The van der Waals surface area contributed by atoms with Crippen molar-refractivity contribution in [1.82, 2.24) is 4.98 Å². The normalized spacial score (nSPS) is 10.2. The molecule has 0 saturated heterocycles.